The van der Waals surface area contributed by atoms with Crippen LogP contribution in [0.3, 0.4) is 0 Å². The number of rotatable bonds is 7. The van der Waals surface area contributed by atoms with E-state index < -0.39 is 5.60 Å². The van der Waals surface area contributed by atoms with E-state index in [0.717, 1.165) is 45.2 Å². The maximum atomic E-state index is 12.7. The molecule has 2 aliphatic rings. The highest BCUT2D eigenvalue weighted by molar-refractivity contribution is 5.79. The van der Waals surface area contributed by atoms with E-state index in [1.807, 2.05) is 25.7 Å². The normalized spacial score (nSPS) is 26.6. The number of esters is 1. The van der Waals surface area contributed by atoms with Crippen molar-refractivity contribution in [2.45, 2.75) is 84.4 Å². The number of carbonyl (C=O) groups excluding carboxylic acids is 2. The van der Waals surface area contributed by atoms with Gasteiger partial charge in [0.15, 0.2) is 0 Å². The number of hydrogen-bond acceptors (Lipinski definition) is 4. The van der Waals surface area contributed by atoms with Crippen molar-refractivity contribution in [3.63, 3.8) is 0 Å². The number of hydrogen-bond donors (Lipinski definition) is 0. The Labute approximate surface area is 146 Å². The Morgan fingerprint density at radius 1 is 1.12 bits per heavy atom. The molecule has 2 fully saturated rings. The average molecular weight is 338 g/mol. The zero-order chi connectivity index (χ0) is 17.9. The number of amides is 1. The fourth-order valence-electron chi connectivity index (χ4n) is 4.14. The molecule has 2 heterocycles. The molecule has 1 amide bonds. The quantitative estimate of drug-likeness (QED) is 0.670. The van der Waals surface area contributed by atoms with E-state index in [1.54, 1.807) is 0 Å². The third kappa shape index (κ3) is 4.50. The molecule has 3 atom stereocenters. The van der Waals surface area contributed by atoms with Gasteiger partial charge in [-0.2, -0.15) is 0 Å². The molecular formula is C19H34N2O3. The summed E-state index contributed by atoms with van der Waals surface area (Å²) in [4.78, 5) is 29.4. The Morgan fingerprint density at radius 2 is 1.75 bits per heavy atom. The van der Waals surface area contributed by atoms with E-state index in [9.17, 15) is 9.59 Å². The molecule has 2 bridgehead atoms. The maximum absolute atomic E-state index is 12.7. The molecule has 2 rings (SSSR count). The summed E-state index contributed by atoms with van der Waals surface area (Å²) >= 11 is 0. The monoisotopic (exact) mass is 338 g/mol. The summed E-state index contributed by atoms with van der Waals surface area (Å²) in [6.07, 6.45) is 4.91. The van der Waals surface area contributed by atoms with E-state index in [-0.39, 0.29) is 23.8 Å². The Balaban J connectivity index is 1.97. The van der Waals surface area contributed by atoms with E-state index in [1.165, 1.54) is 0 Å². The average Bonchev–Trinajstić information content (AvgIpc) is 3.02. The fourth-order valence-corrected chi connectivity index (χ4v) is 4.14. The van der Waals surface area contributed by atoms with Crippen molar-refractivity contribution in [1.29, 1.82) is 0 Å². The minimum Gasteiger partial charge on any atom is -0.460 e. The minimum atomic E-state index is -0.446. The van der Waals surface area contributed by atoms with Crippen molar-refractivity contribution in [2.75, 3.05) is 19.6 Å². The van der Waals surface area contributed by atoms with Gasteiger partial charge in [-0.3, -0.25) is 14.5 Å². The Kier molecular flexibility index (Phi) is 6.29. The van der Waals surface area contributed by atoms with E-state index in [4.69, 9.17) is 4.74 Å². The van der Waals surface area contributed by atoms with Crippen molar-refractivity contribution >= 4 is 11.9 Å². The molecule has 5 nitrogen and oxygen atoms in total. The second kappa shape index (κ2) is 7.85. The Bertz CT molecular complexity index is 452. The first-order valence-corrected chi connectivity index (χ1v) is 9.53. The van der Waals surface area contributed by atoms with Gasteiger partial charge in [-0.1, -0.05) is 13.8 Å². The van der Waals surface area contributed by atoms with Crippen LogP contribution in [-0.2, 0) is 14.3 Å². The zero-order valence-corrected chi connectivity index (χ0v) is 16.0. The van der Waals surface area contributed by atoms with Crippen molar-refractivity contribution < 1.29 is 14.3 Å². The van der Waals surface area contributed by atoms with Crippen LogP contribution in [0.1, 0.15) is 66.7 Å². The first kappa shape index (κ1) is 19.2. The Morgan fingerprint density at radius 3 is 2.29 bits per heavy atom. The molecule has 0 spiro atoms. The fraction of sp³-hybridized carbons (Fsp3) is 0.895. The van der Waals surface area contributed by atoms with Crippen LogP contribution in [0.25, 0.3) is 0 Å². The summed E-state index contributed by atoms with van der Waals surface area (Å²) in [5.41, 5.74) is -0.446. The molecule has 0 aromatic rings. The first-order chi connectivity index (χ1) is 11.3. The number of nitrogens with zero attached hydrogens (tertiary/aromatic N) is 2. The van der Waals surface area contributed by atoms with Crippen molar-refractivity contribution in [3.05, 3.63) is 0 Å². The molecule has 3 unspecified atom stereocenters. The smallest absolute Gasteiger partial charge is 0.311 e. The molecule has 138 valence electrons. The summed E-state index contributed by atoms with van der Waals surface area (Å²) in [6.45, 7) is 12.0. The molecule has 5 heteroatoms. The van der Waals surface area contributed by atoms with Crippen LogP contribution < -0.4 is 0 Å². The lowest BCUT2D eigenvalue weighted by atomic mass is 9.89. The van der Waals surface area contributed by atoms with Crippen molar-refractivity contribution in [2.24, 2.45) is 5.92 Å². The molecule has 0 aromatic heterocycles. The van der Waals surface area contributed by atoms with Gasteiger partial charge in [0.25, 0.3) is 0 Å². The van der Waals surface area contributed by atoms with Gasteiger partial charge in [-0.15, -0.1) is 0 Å². The summed E-state index contributed by atoms with van der Waals surface area (Å²) < 4.78 is 5.59. The van der Waals surface area contributed by atoms with Gasteiger partial charge in [0.05, 0.1) is 12.5 Å². The van der Waals surface area contributed by atoms with Gasteiger partial charge in [0, 0.05) is 25.2 Å². The number of ether oxygens (including phenoxy) is 1. The molecule has 24 heavy (non-hydrogen) atoms. The predicted molar refractivity (Wildman–Crippen MR) is 94.6 cm³/mol. The number of fused-ring (bicyclic) bond motifs is 2. The molecule has 2 aliphatic heterocycles. The summed E-state index contributed by atoms with van der Waals surface area (Å²) in [5.74, 6) is 0.0492. The summed E-state index contributed by atoms with van der Waals surface area (Å²) in [7, 11) is 0. The van der Waals surface area contributed by atoms with Crippen molar-refractivity contribution in [3.8, 4) is 0 Å². The first-order valence-electron chi connectivity index (χ1n) is 9.53. The number of carbonyl (C=O) groups is 2. The van der Waals surface area contributed by atoms with E-state index in [2.05, 4.69) is 18.7 Å². The van der Waals surface area contributed by atoms with Crippen LogP contribution in [0.4, 0.5) is 0 Å². The molecule has 0 saturated carbocycles. The Hall–Kier alpha value is -1.10. The highest BCUT2D eigenvalue weighted by Crippen LogP contribution is 2.42. The molecule has 2 saturated heterocycles. The third-order valence-electron chi connectivity index (χ3n) is 5.05. The molecular weight excluding hydrogens is 304 g/mol. The largest absolute Gasteiger partial charge is 0.460 e. The van der Waals surface area contributed by atoms with Crippen molar-refractivity contribution in [1.82, 2.24) is 9.80 Å². The SMILES string of the molecule is CCCN(CCC)C(=O)CN1C2CCC1C(C(=O)OC(C)(C)C)C2. The third-order valence-corrected chi connectivity index (χ3v) is 5.05. The van der Waals surface area contributed by atoms with Gasteiger partial charge in [-0.05, 0) is 52.9 Å². The molecule has 0 radical (unpaired) electrons. The van der Waals surface area contributed by atoms with Gasteiger partial charge in [-0.25, -0.2) is 0 Å². The summed E-state index contributed by atoms with van der Waals surface area (Å²) in [6, 6.07) is 0.542. The van der Waals surface area contributed by atoms with Gasteiger partial charge in [0.2, 0.25) is 5.91 Å². The molecule has 0 aliphatic carbocycles. The summed E-state index contributed by atoms with van der Waals surface area (Å²) in [5, 5.41) is 0. The van der Waals surface area contributed by atoms with Crippen LogP contribution in [0.2, 0.25) is 0 Å². The van der Waals surface area contributed by atoms with Crippen LogP contribution in [0.5, 0.6) is 0 Å². The van der Waals surface area contributed by atoms with Crippen LogP contribution in [0.15, 0.2) is 0 Å². The highest BCUT2D eigenvalue weighted by atomic mass is 16.6. The van der Waals surface area contributed by atoms with Crippen LogP contribution in [0, 0.1) is 5.92 Å². The van der Waals surface area contributed by atoms with Gasteiger partial charge < -0.3 is 9.64 Å². The maximum Gasteiger partial charge on any atom is 0.311 e. The molecule has 0 aromatic carbocycles. The lowest BCUT2D eigenvalue weighted by Crippen LogP contribution is -2.44. The lowest BCUT2D eigenvalue weighted by molar-refractivity contribution is -0.161. The molecule has 0 N–H and O–H groups in total. The minimum absolute atomic E-state index is 0.0680. The van der Waals surface area contributed by atoms with Gasteiger partial charge >= 0.3 is 5.97 Å². The van der Waals surface area contributed by atoms with E-state index >= 15 is 0 Å². The second-order valence-electron chi connectivity index (χ2n) is 8.23. The van der Waals surface area contributed by atoms with Gasteiger partial charge in [0.1, 0.15) is 5.60 Å². The zero-order valence-electron chi connectivity index (χ0n) is 16.0. The van der Waals surface area contributed by atoms with E-state index in [0.29, 0.717) is 12.6 Å². The second-order valence-corrected chi connectivity index (χ2v) is 8.23. The predicted octanol–water partition coefficient (Wildman–Crippen LogP) is 2.83. The highest BCUT2D eigenvalue weighted by Gasteiger charge is 2.50. The lowest BCUT2D eigenvalue weighted by Gasteiger charge is -2.28. The standard InChI is InChI=1S/C19H34N2O3/c1-6-10-20(11-7-2)17(22)13-21-14-8-9-16(21)15(12-14)18(23)24-19(3,4)5/h14-16H,6-13H2,1-5H3. The van der Waals surface area contributed by atoms with Crippen LogP contribution >= 0.6 is 0 Å². The topological polar surface area (TPSA) is 49.9 Å². The van der Waals surface area contributed by atoms with Crippen LogP contribution in [-0.4, -0.2) is 59.0 Å².